The van der Waals surface area contributed by atoms with Crippen LogP contribution in [0.5, 0.6) is 0 Å². The van der Waals surface area contributed by atoms with Gasteiger partial charge in [0.15, 0.2) is 5.16 Å². The van der Waals surface area contributed by atoms with Crippen LogP contribution in [-0.2, 0) is 17.6 Å². The number of hydrogen-bond acceptors (Lipinski definition) is 5. The van der Waals surface area contributed by atoms with Crippen LogP contribution in [0.25, 0.3) is 15.9 Å². The Morgan fingerprint density at radius 1 is 1.06 bits per heavy atom. The maximum Gasteiger partial charge on any atom is 0.267 e. The monoisotopic (exact) mass is 535 g/mol. The standard InChI is InChI=1S/C23H16Cl3N3O2S2/c24-12-4-6-16(7-5-12)29-22(31)20-17-2-1-3-18(17)33-21(20)28-23(29)32-11-19(30)27-15-9-13(25)8-14(26)10-15/h4-10H,1-3,11H2,(H,27,30). The molecule has 0 fully saturated rings. The molecule has 5 rings (SSSR count). The van der Waals surface area contributed by atoms with Gasteiger partial charge in [-0.2, -0.15) is 0 Å². The average Bonchev–Trinajstić information content (AvgIpc) is 3.33. The highest BCUT2D eigenvalue weighted by Crippen LogP contribution is 2.36. The zero-order valence-corrected chi connectivity index (χ0v) is 20.9. The van der Waals surface area contributed by atoms with Crippen LogP contribution in [0.4, 0.5) is 5.69 Å². The van der Waals surface area contributed by atoms with E-state index in [1.165, 1.54) is 16.6 Å². The summed E-state index contributed by atoms with van der Waals surface area (Å²) in [5.41, 5.74) is 2.15. The molecule has 2 aromatic carbocycles. The van der Waals surface area contributed by atoms with Gasteiger partial charge < -0.3 is 5.32 Å². The number of carbonyl (C=O) groups is 1. The maximum absolute atomic E-state index is 13.6. The molecule has 33 heavy (non-hydrogen) atoms. The highest BCUT2D eigenvalue weighted by molar-refractivity contribution is 7.99. The second-order valence-electron chi connectivity index (χ2n) is 7.54. The quantitative estimate of drug-likeness (QED) is 0.230. The lowest BCUT2D eigenvalue weighted by molar-refractivity contribution is -0.113. The van der Waals surface area contributed by atoms with Crippen molar-refractivity contribution in [1.82, 2.24) is 9.55 Å². The lowest BCUT2D eigenvalue weighted by Crippen LogP contribution is -2.23. The molecule has 0 atom stereocenters. The lowest BCUT2D eigenvalue weighted by atomic mass is 10.2. The number of aromatic nitrogens is 2. The van der Waals surface area contributed by atoms with Gasteiger partial charge in [-0.25, -0.2) is 4.98 Å². The van der Waals surface area contributed by atoms with Crippen molar-refractivity contribution >= 4 is 79.7 Å². The second kappa shape index (κ2) is 9.31. The first-order valence-corrected chi connectivity index (χ1v) is 13.0. The van der Waals surface area contributed by atoms with Gasteiger partial charge in [-0.05, 0) is 67.3 Å². The Hall–Kier alpha value is -2.03. The molecule has 0 saturated carbocycles. The van der Waals surface area contributed by atoms with Crippen LogP contribution in [0.2, 0.25) is 15.1 Å². The predicted octanol–water partition coefficient (Wildman–Crippen LogP) is 6.63. The minimum atomic E-state index is -0.260. The summed E-state index contributed by atoms with van der Waals surface area (Å²) in [6.45, 7) is 0. The average molecular weight is 537 g/mol. The molecule has 5 nitrogen and oxygen atoms in total. The van der Waals surface area contributed by atoms with Gasteiger partial charge in [-0.3, -0.25) is 14.2 Å². The third kappa shape index (κ3) is 4.66. The fraction of sp³-hybridized carbons (Fsp3) is 0.174. The van der Waals surface area contributed by atoms with Crippen molar-refractivity contribution in [3.05, 3.63) is 78.3 Å². The molecule has 1 amide bonds. The SMILES string of the molecule is O=C(CSc1nc2sc3c(c2c(=O)n1-c1ccc(Cl)cc1)CCC3)Nc1cc(Cl)cc(Cl)c1. The van der Waals surface area contributed by atoms with Crippen molar-refractivity contribution in [2.75, 3.05) is 11.1 Å². The molecule has 1 aliphatic rings. The van der Waals surface area contributed by atoms with Gasteiger partial charge in [0.25, 0.3) is 5.56 Å². The van der Waals surface area contributed by atoms with E-state index in [-0.39, 0.29) is 17.2 Å². The summed E-state index contributed by atoms with van der Waals surface area (Å²) in [4.78, 5) is 33.0. The Morgan fingerprint density at radius 3 is 2.52 bits per heavy atom. The molecular weight excluding hydrogens is 521 g/mol. The van der Waals surface area contributed by atoms with E-state index in [9.17, 15) is 9.59 Å². The van der Waals surface area contributed by atoms with Crippen LogP contribution >= 0.6 is 57.9 Å². The van der Waals surface area contributed by atoms with Gasteiger partial charge in [0.2, 0.25) is 5.91 Å². The van der Waals surface area contributed by atoms with Gasteiger partial charge in [0.1, 0.15) is 4.83 Å². The highest BCUT2D eigenvalue weighted by atomic mass is 35.5. The Bertz CT molecular complexity index is 1430. The van der Waals surface area contributed by atoms with E-state index in [1.54, 1.807) is 58.4 Å². The zero-order chi connectivity index (χ0) is 23.1. The number of aryl methyl sites for hydroxylation is 2. The van der Waals surface area contributed by atoms with Crippen LogP contribution in [0, 0.1) is 0 Å². The first-order valence-electron chi connectivity index (χ1n) is 10.1. The van der Waals surface area contributed by atoms with Gasteiger partial charge >= 0.3 is 0 Å². The molecule has 0 bridgehead atoms. The molecule has 10 heteroatoms. The fourth-order valence-electron chi connectivity index (χ4n) is 3.89. The van der Waals surface area contributed by atoms with E-state index in [0.717, 1.165) is 29.7 Å². The van der Waals surface area contributed by atoms with E-state index in [1.807, 2.05) is 0 Å². The molecular formula is C23H16Cl3N3O2S2. The van der Waals surface area contributed by atoms with Crippen molar-refractivity contribution in [2.24, 2.45) is 0 Å². The van der Waals surface area contributed by atoms with Gasteiger partial charge in [0, 0.05) is 25.6 Å². The van der Waals surface area contributed by atoms with Crippen LogP contribution in [-0.4, -0.2) is 21.2 Å². The Balaban J connectivity index is 1.50. The largest absolute Gasteiger partial charge is 0.325 e. The first-order chi connectivity index (χ1) is 15.9. The van der Waals surface area contributed by atoms with Crippen molar-refractivity contribution in [3.63, 3.8) is 0 Å². The van der Waals surface area contributed by atoms with Crippen molar-refractivity contribution < 1.29 is 4.79 Å². The van der Waals surface area contributed by atoms with Crippen LogP contribution < -0.4 is 10.9 Å². The van der Waals surface area contributed by atoms with E-state index in [2.05, 4.69) is 5.32 Å². The number of carbonyl (C=O) groups excluding carboxylic acids is 1. The number of thioether (sulfide) groups is 1. The minimum absolute atomic E-state index is 0.0563. The molecule has 0 unspecified atom stereocenters. The predicted molar refractivity (Wildman–Crippen MR) is 138 cm³/mol. The van der Waals surface area contributed by atoms with E-state index < -0.39 is 0 Å². The number of benzene rings is 2. The van der Waals surface area contributed by atoms with Crippen LogP contribution in [0.3, 0.4) is 0 Å². The Labute approximate surface area is 212 Å². The highest BCUT2D eigenvalue weighted by Gasteiger charge is 2.24. The molecule has 0 aliphatic heterocycles. The molecule has 4 aromatic rings. The summed E-state index contributed by atoms with van der Waals surface area (Å²) >= 11 is 20.9. The number of rotatable bonds is 5. The van der Waals surface area contributed by atoms with Crippen LogP contribution in [0.15, 0.2) is 52.4 Å². The molecule has 2 aromatic heterocycles. The van der Waals surface area contributed by atoms with E-state index in [0.29, 0.717) is 37.0 Å². The summed E-state index contributed by atoms with van der Waals surface area (Å²) in [7, 11) is 0. The molecule has 2 heterocycles. The Morgan fingerprint density at radius 2 is 1.79 bits per heavy atom. The summed E-state index contributed by atoms with van der Waals surface area (Å²) in [6.07, 6.45) is 2.93. The first kappa shape index (κ1) is 22.7. The normalized spacial score (nSPS) is 12.8. The summed E-state index contributed by atoms with van der Waals surface area (Å²) < 4.78 is 1.57. The summed E-state index contributed by atoms with van der Waals surface area (Å²) in [6, 6.07) is 11.9. The zero-order valence-electron chi connectivity index (χ0n) is 17.0. The van der Waals surface area contributed by atoms with Crippen molar-refractivity contribution in [2.45, 2.75) is 24.4 Å². The van der Waals surface area contributed by atoms with Gasteiger partial charge in [-0.1, -0.05) is 46.6 Å². The summed E-state index contributed by atoms with van der Waals surface area (Å²) in [5.74, 6) is -0.204. The van der Waals surface area contributed by atoms with E-state index in [4.69, 9.17) is 39.8 Å². The minimum Gasteiger partial charge on any atom is -0.325 e. The van der Waals surface area contributed by atoms with Crippen molar-refractivity contribution in [3.8, 4) is 5.69 Å². The number of fused-ring (bicyclic) bond motifs is 3. The summed E-state index contributed by atoms with van der Waals surface area (Å²) in [5, 5.41) is 5.36. The lowest BCUT2D eigenvalue weighted by Gasteiger charge is -2.13. The molecule has 1 aliphatic carbocycles. The molecule has 0 spiro atoms. The third-order valence-electron chi connectivity index (χ3n) is 5.27. The molecule has 0 radical (unpaired) electrons. The molecule has 1 N–H and O–H groups in total. The molecule has 0 saturated heterocycles. The number of halogens is 3. The fourth-order valence-corrected chi connectivity index (χ4v) is 6.66. The van der Waals surface area contributed by atoms with Gasteiger partial charge in [-0.15, -0.1) is 11.3 Å². The number of anilines is 1. The van der Waals surface area contributed by atoms with Gasteiger partial charge in [0.05, 0.1) is 16.8 Å². The number of nitrogens with one attached hydrogen (secondary N) is 1. The number of hydrogen-bond donors (Lipinski definition) is 1. The number of thiophene rings is 1. The smallest absolute Gasteiger partial charge is 0.267 e. The van der Waals surface area contributed by atoms with Crippen LogP contribution in [0.1, 0.15) is 16.9 Å². The third-order valence-corrected chi connectivity index (χ3v) is 8.08. The maximum atomic E-state index is 13.6. The Kier molecular flexibility index (Phi) is 6.42. The number of nitrogens with zero attached hydrogens (tertiary/aromatic N) is 2. The second-order valence-corrected chi connectivity index (χ2v) is 10.9. The van der Waals surface area contributed by atoms with Crippen molar-refractivity contribution in [1.29, 1.82) is 0 Å². The van der Waals surface area contributed by atoms with E-state index >= 15 is 0 Å². The topological polar surface area (TPSA) is 64.0 Å². The number of amides is 1. The molecule has 168 valence electrons.